The van der Waals surface area contributed by atoms with Gasteiger partial charge in [-0.3, -0.25) is 9.59 Å². The molecule has 21 heavy (non-hydrogen) atoms. The number of rotatable bonds is 6. The number of carbonyl (C=O) groups excluding carboxylic acids is 2. The molecule has 0 spiro atoms. The van der Waals surface area contributed by atoms with Crippen molar-refractivity contribution in [2.45, 2.75) is 45.3 Å². The summed E-state index contributed by atoms with van der Waals surface area (Å²) in [6.45, 7) is 10.2. The van der Waals surface area contributed by atoms with E-state index < -0.39 is 11.1 Å². The second kappa shape index (κ2) is 6.22. The maximum absolute atomic E-state index is 11.9. The third-order valence-electron chi connectivity index (χ3n) is 3.06. The van der Waals surface area contributed by atoms with Gasteiger partial charge in [-0.1, -0.05) is 30.8 Å². The number of carbonyl (C=O) groups is 2. The zero-order chi connectivity index (χ0) is 16.3. The minimum absolute atomic E-state index is 0.214. The van der Waals surface area contributed by atoms with Gasteiger partial charge in [-0.25, -0.2) is 0 Å². The molecule has 1 rings (SSSR count). The third kappa shape index (κ3) is 5.16. The van der Waals surface area contributed by atoms with Crippen molar-refractivity contribution >= 4 is 11.7 Å². The molecule has 0 saturated carbocycles. The number of hydrogen-bond donors (Lipinski definition) is 2. The number of Topliss-reactive ketones (excluding diaryl/α,β-unsaturated/α-hetero) is 1. The number of hydrogen-bond acceptors (Lipinski definition) is 3. The summed E-state index contributed by atoms with van der Waals surface area (Å²) in [6, 6.07) is 7.06. The van der Waals surface area contributed by atoms with Gasteiger partial charge in [-0.2, -0.15) is 0 Å². The Kier molecular flexibility index (Phi) is 5.07. The molecule has 0 aliphatic carbocycles. The van der Waals surface area contributed by atoms with E-state index in [0.717, 1.165) is 5.56 Å². The van der Waals surface area contributed by atoms with E-state index in [-0.39, 0.29) is 11.7 Å². The molecule has 1 aromatic carbocycles. The summed E-state index contributed by atoms with van der Waals surface area (Å²) in [5.74, 6) is -0.526. The summed E-state index contributed by atoms with van der Waals surface area (Å²) < 4.78 is 0. The van der Waals surface area contributed by atoms with Gasteiger partial charge < -0.3 is 10.4 Å². The first-order chi connectivity index (χ1) is 9.55. The zero-order valence-electron chi connectivity index (χ0n) is 13.1. The predicted octanol–water partition coefficient (Wildman–Crippen LogP) is 2.26. The topological polar surface area (TPSA) is 66.4 Å². The van der Waals surface area contributed by atoms with E-state index in [2.05, 4.69) is 11.9 Å². The fraction of sp³-hybridized carbons (Fsp3) is 0.412. The molecule has 0 radical (unpaired) electrons. The number of aliphatic hydroxyl groups is 1. The monoisotopic (exact) mass is 289 g/mol. The van der Waals surface area contributed by atoms with E-state index in [4.69, 9.17) is 0 Å². The summed E-state index contributed by atoms with van der Waals surface area (Å²) in [7, 11) is 0. The van der Waals surface area contributed by atoms with Gasteiger partial charge in [0.25, 0.3) is 0 Å². The van der Waals surface area contributed by atoms with Gasteiger partial charge in [0.1, 0.15) is 5.60 Å². The zero-order valence-corrected chi connectivity index (χ0v) is 13.1. The maximum atomic E-state index is 11.9. The number of ketones is 1. The molecule has 0 bridgehead atoms. The number of amides is 1. The van der Waals surface area contributed by atoms with Crippen molar-refractivity contribution in [2.24, 2.45) is 0 Å². The second-order valence-electron chi connectivity index (χ2n) is 6.34. The number of benzene rings is 1. The molecular weight excluding hydrogens is 266 g/mol. The Labute approximate surface area is 125 Å². The van der Waals surface area contributed by atoms with E-state index in [1.807, 2.05) is 26.0 Å². The lowest BCUT2D eigenvalue weighted by Crippen LogP contribution is -2.44. The molecule has 0 aliphatic rings. The SMILES string of the molecule is C=CC(=O)NC(C)(C)Cc1ccc(C(=O)C(C)(C)O)cc1. The summed E-state index contributed by atoms with van der Waals surface area (Å²) in [5.41, 5.74) is -0.318. The Bertz CT molecular complexity index is 536. The van der Waals surface area contributed by atoms with Crippen LogP contribution in [0.3, 0.4) is 0 Å². The van der Waals surface area contributed by atoms with Crippen LogP contribution in [0.4, 0.5) is 0 Å². The molecule has 0 aliphatic heterocycles. The lowest BCUT2D eigenvalue weighted by atomic mass is 9.92. The van der Waals surface area contributed by atoms with Crippen molar-refractivity contribution in [3.8, 4) is 0 Å². The highest BCUT2D eigenvalue weighted by Gasteiger charge is 2.25. The summed E-state index contributed by atoms with van der Waals surface area (Å²) in [4.78, 5) is 23.3. The molecule has 0 fully saturated rings. The molecule has 0 unspecified atom stereocenters. The Hall–Kier alpha value is -1.94. The molecule has 4 heteroatoms. The molecule has 1 aromatic rings. The fourth-order valence-electron chi connectivity index (χ4n) is 2.07. The van der Waals surface area contributed by atoms with E-state index in [1.54, 1.807) is 12.1 Å². The van der Waals surface area contributed by atoms with Crippen LogP contribution in [0.15, 0.2) is 36.9 Å². The largest absolute Gasteiger partial charge is 0.382 e. The van der Waals surface area contributed by atoms with Crippen LogP contribution in [0.2, 0.25) is 0 Å². The highest BCUT2D eigenvalue weighted by Crippen LogP contribution is 2.17. The van der Waals surface area contributed by atoms with Crippen LogP contribution in [0.25, 0.3) is 0 Å². The lowest BCUT2D eigenvalue weighted by molar-refractivity contribution is -0.117. The molecule has 0 aromatic heterocycles. The van der Waals surface area contributed by atoms with Gasteiger partial charge in [0.2, 0.25) is 5.91 Å². The minimum Gasteiger partial charge on any atom is -0.382 e. The van der Waals surface area contributed by atoms with E-state index >= 15 is 0 Å². The first-order valence-electron chi connectivity index (χ1n) is 6.86. The van der Waals surface area contributed by atoms with Crippen molar-refractivity contribution in [3.63, 3.8) is 0 Å². The van der Waals surface area contributed by atoms with Crippen molar-refractivity contribution in [1.82, 2.24) is 5.32 Å². The standard InChI is InChI=1S/C17H23NO3/c1-6-14(19)18-16(2,3)11-12-7-9-13(10-8-12)15(20)17(4,5)21/h6-10,21H,1,11H2,2-5H3,(H,18,19). The molecule has 4 nitrogen and oxygen atoms in total. The van der Waals surface area contributed by atoms with Gasteiger partial charge in [0.15, 0.2) is 5.78 Å². The molecule has 0 saturated heterocycles. The highest BCUT2D eigenvalue weighted by molar-refractivity contribution is 6.01. The van der Waals surface area contributed by atoms with Crippen LogP contribution in [0.5, 0.6) is 0 Å². The molecular formula is C17H23NO3. The number of nitrogens with one attached hydrogen (secondary N) is 1. The van der Waals surface area contributed by atoms with E-state index in [1.165, 1.54) is 19.9 Å². The van der Waals surface area contributed by atoms with Crippen LogP contribution in [-0.2, 0) is 11.2 Å². The van der Waals surface area contributed by atoms with Crippen LogP contribution in [0, 0.1) is 0 Å². The molecule has 1 amide bonds. The van der Waals surface area contributed by atoms with Crippen LogP contribution in [0.1, 0.15) is 43.6 Å². The molecule has 0 heterocycles. The Morgan fingerprint density at radius 3 is 2.14 bits per heavy atom. The smallest absolute Gasteiger partial charge is 0.243 e. The summed E-state index contributed by atoms with van der Waals surface area (Å²) >= 11 is 0. The van der Waals surface area contributed by atoms with E-state index in [0.29, 0.717) is 12.0 Å². The fourth-order valence-corrected chi connectivity index (χ4v) is 2.07. The quantitative estimate of drug-likeness (QED) is 0.623. The first kappa shape index (κ1) is 17.1. The van der Waals surface area contributed by atoms with Crippen molar-refractivity contribution in [3.05, 3.63) is 48.0 Å². The van der Waals surface area contributed by atoms with E-state index in [9.17, 15) is 14.7 Å². The van der Waals surface area contributed by atoms with Crippen molar-refractivity contribution in [1.29, 1.82) is 0 Å². The normalized spacial score (nSPS) is 11.9. The molecule has 0 atom stereocenters. The van der Waals surface area contributed by atoms with Gasteiger partial charge in [-0.05, 0) is 45.8 Å². The maximum Gasteiger partial charge on any atom is 0.243 e. The Balaban J connectivity index is 2.82. The Morgan fingerprint density at radius 2 is 1.71 bits per heavy atom. The summed E-state index contributed by atoms with van der Waals surface area (Å²) in [6.07, 6.45) is 1.87. The van der Waals surface area contributed by atoms with Gasteiger partial charge in [-0.15, -0.1) is 0 Å². The van der Waals surface area contributed by atoms with Crippen LogP contribution >= 0.6 is 0 Å². The lowest BCUT2D eigenvalue weighted by Gasteiger charge is -2.26. The van der Waals surface area contributed by atoms with Gasteiger partial charge in [0.05, 0.1) is 0 Å². The van der Waals surface area contributed by atoms with Crippen molar-refractivity contribution in [2.75, 3.05) is 0 Å². The Morgan fingerprint density at radius 1 is 1.19 bits per heavy atom. The minimum atomic E-state index is -1.38. The molecule has 2 N–H and O–H groups in total. The first-order valence-corrected chi connectivity index (χ1v) is 6.86. The highest BCUT2D eigenvalue weighted by atomic mass is 16.3. The third-order valence-corrected chi connectivity index (χ3v) is 3.06. The molecule has 114 valence electrons. The predicted molar refractivity (Wildman–Crippen MR) is 83.2 cm³/mol. The van der Waals surface area contributed by atoms with Gasteiger partial charge in [0, 0.05) is 11.1 Å². The van der Waals surface area contributed by atoms with Crippen LogP contribution < -0.4 is 5.32 Å². The van der Waals surface area contributed by atoms with Crippen molar-refractivity contribution < 1.29 is 14.7 Å². The summed E-state index contributed by atoms with van der Waals surface area (Å²) in [5, 5.41) is 12.6. The average molecular weight is 289 g/mol. The average Bonchev–Trinajstić information content (AvgIpc) is 2.36. The van der Waals surface area contributed by atoms with Gasteiger partial charge >= 0.3 is 0 Å². The van der Waals surface area contributed by atoms with Crippen LogP contribution in [-0.4, -0.2) is 27.9 Å². The second-order valence-corrected chi connectivity index (χ2v) is 6.34.